The second-order valence-corrected chi connectivity index (χ2v) is 11.3. The first-order chi connectivity index (χ1) is 22.4. The molecule has 236 valence electrons. The molecular weight excluding hydrogens is 578 g/mol. The number of carbonyl (C=O) groups excluding carboxylic acids is 3. The summed E-state index contributed by atoms with van der Waals surface area (Å²) in [6, 6.07) is 32.0. The van der Waals surface area contributed by atoms with Gasteiger partial charge >= 0.3 is 0 Å². The van der Waals surface area contributed by atoms with Gasteiger partial charge in [0.15, 0.2) is 0 Å². The Kier molecular flexibility index (Phi) is 10.8. The SMILES string of the molecule is C[C@H](NC(=O)[C@@H](N)Cc1ccc(OCc2ccccc2)cc1)C(=O)N[C@@H](Cc1c[nH]c2ccccc12)C(=O)NCc1ccccc1. The molecule has 0 aliphatic rings. The number of hydrogen-bond donors (Lipinski definition) is 5. The van der Waals surface area contributed by atoms with E-state index in [1.54, 1.807) is 6.92 Å². The van der Waals surface area contributed by atoms with E-state index in [9.17, 15) is 14.4 Å². The third-order valence-electron chi connectivity index (χ3n) is 7.76. The number of nitrogens with one attached hydrogen (secondary N) is 4. The number of carbonyl (C=O) groups is 3. The summed E-state index contributed by atoms with van der Waals surface area (Å²) in [6.45, 7) is 2.35. The molecule has 4 aromatic carbocycles. The van der Waals surface area contributed by atoms with Crippen LogP contribution in [0, 0.1) is 0 Å². The molecule has 0 radical (unpaired) electrons. The number of ether oxygens (including phenoxy) is 1. The van der Waals surface area contributed by atoms with Gasteiger partial charge in [0.25, 0.3) is 0 Å². The van der Waals surface area contributed by atoms with Crippen molar-refractivity contribution in [3.05, 3.63) is 138 Å². The number of aromatic nitrogens is 1. The molecule has 0 saturated heterocycles. The largest absolute Gasteiger partial charge is 0.489 e. The third kappa shape index (κ3) is 8.83. The van der Waals surface area contributed by atoms with Gasteiger partial charge in [-0.3, -0.25) is 14.4 Å². The van der Waals surface area contributed by atoms with E-state index in [1.165, 1.54) is 0 Å². The van der Waals surface area contributed by atoms with Crippen LogP contribution in [0.4, 0.5) is 0 Å². The van der Waals surface area contributed by atoms with Crippen molar-refractivity contribution in [1.29, 1.82) is 0 Å². The molecule has 5 rings (SSSR count). The number of rotatable bonds is 14. The minimum absolute atomic E-state index is 0.265. The van der Waals surface area contributed by atoms with E-state index >= 15 is 0 Å². The zero-order chi connectivity index (χ0) is 32.3. The molecule has 0 aliphatic carbocycles. The average molecular weight is 618 g/mol. The molecule has 3 amide bonds. The molecule has 9 heteroatoms. The average Bonchev–Trinajstić information content (AvgIpc) is 3.50. The predicted octanol–water partition coefficient (Wildman–Crippen LogP) is 4.17. The minimum atomic E-state index is -0.917. The molecule has 46 heavy (non-hydrogen) atoms. The molecule has 6 N–H and O–H groups in total. The Morgan fingerprint density at radius 2 is 1.37 bits per heavy atom. The standard InChI is InChI=1S/C37H39N5O4/c1-25(41-36(44)32(38)20-26-16-18-30(19-17-26)46-24-28-12-6-3-7-13-28)35(43)42-34(37(45)40-22-27-10-4-2-5-11-27)21-29-23-39-33-15-9-8-14-31(29)33/h2-19,23,25,32,34,39H,20-22,24,38H2,1H3,(H,40,45)(H,41,44)(H,42,43)/t25-,32-,34-/m0/s1. The van der Waals surface area contributed by atoms with Crippen LogP contribution in [0.3, 0.4) is 0 Å². The smallest absolute Gasteiger partial charge is 0.243 e. The number of para-hydroxylation sites is 1. The maximum atomic E-state index is 13.4. The van der Waals surface area contributed by atoms with Crippen LogP contribution >= 0.6 is 0 Å². The molecule has 1 aromatic heterocycles. The van der Waals surface area contributed by atoms with Gasteiger partial charge in [-0.05, 0) is 53.8 Å². The van der Waals surface area contributed by atoms with Gasteiger partial charge in [0, 0.05) is 30.1 Å². The molecular formula is C37H39N5O4. The first-order valence-electron chi connectivity index (χ1n) is 15.3. The number of benzene rings is 4. The number of H-pyrrole nitrogens is 1. The highest BCUT2D eigenvalue weighted by Crippen LogP contribution is 2.19. The summed E-state index contributed by atoms with van der Waals surface area (Å²) in [5, 5.41) is 9.45. The minimum Gasteiger partial charge on any atom is -0.489 e. The van der Waals surface area contributed by atoms with Crippen molar-refractivity contribution in [3.8, 4) is 5.75 Å². The van der Waals surface area contributed by atoms with Crippen molar-refractivity contribution in [2.75, 3.05) is 0 Å². The van der Waals surface area contributed by atoms with E-state index in [0.29, 0.717) is 18.9 Å². The zero-order valence-electron chi connectivity index (χ0n) is 25.7. The van der Waals surface area contributed by atoms with Crippen LogP contribution in [0.25, 0.3) is 10.9 Å². The highest BCUT2D eigenvalue weighted by atomic mass is 16.5. The molecule has 3 atom stereocenters. The van der Waals surface area contributed by atoms with Gasteiger partial charge in [-0.25, -0.2) is 0 Å². The van der Waals surface area contributed by atoms with E-state index in [1.807, 2.05) is 115 Å². The number of aromatic amines is 1. The van der Waals surface area contributed by atoms with Crippen LogP contribution in [-0.2, 0) is 40.4 Å². The summed E-state index contributed by atoms with van der Waals surface area (Å²) in [6.07, 6.45) is 2.40. The fourth-order valence-electron chi connectivity index (χ4n) is 5.13. The first-order valence-corrected chi connectivity index (χ1v) is 15.3. The molecule has 0 bridgehead atoms. The zero-order valence-corrected chi connectivity index (χ0v) is 25.7. The van der Waals surface area contributed by atoms with Crippen LogP contribution in [-0.4, -0.2) is 40.8 Å². The van der Waals surface area contributed by atoms with Gasteiger partial charge < -0.3 is 31.4 Å². The monoisotopic (exact) mass is 617 g/mol. The van der Waals surface area contributed by atoms with Gasteiger partial charge in [0.1, 0.15) is 24.4 Å². The first kappa shape index (κ1) is 32.0. The molecule has 0 aliphatic heterocycles. The Bertz CT molecular complexity index is 1740. The van der Waals surface area contributed by atoms with Gasteiger partial charge in [0.2, 0.25) is 17.7 Å². The Hall–Kier alpha value is -5.41. The van der Waals surface area contributed by atoms with Gasteiger partial charge in [-0.1, -0.05) is 91.0 Å². The lowest BCUT2D eigenvalue weighted by Gasteiger charge is -2.22. The Morgan fingerprint density at radius 3 is 2.09 bits per heavy atom. The second-order valence-electron chi connectivity index (χ2n) is 11.3. The van der Waals surface area contributed by atoms with Crippen molar-refractivity contribution >= 4 is 28.6 Å². The van der Waals surface area contributed by atoms with E-state index in [4.69, 9.17) is 10.5 Å². The predicted molar refractivity (Wildman–Crippen MR) is 179 cm³/mol. The van der Waals surface area contributed by atoms with E-state index in [0.717, 1.165) is 33.2 Å². The van der Waals surface area contributed by atoms with Gasteiger partial charge in [-0.2, -0.15) is 0 Å². The van der Waals surface area contributed by atoms with E-state index < -0.39 is 29.9 Å². The maximum absolute atomic E-state index is 13.4. The lowest BCUT2D eigenvalue weighted by molar-refractivity contribution is -0.132. The Balaban J connectivity index is 1.16. The third-order valence-corrected chi connectivity index (χ3v) is 7.76. The van der Waals surface area contributed by atoms with Crippen molar-refractivity contribution in [3.63, 3.8) is 0 Å². The normalized spacial score (nSPS) is 12.9. The van der Waals surface area contributed by atoms with Crippen molar-refractivity contribution in [1.82, 2.24) is 20.9 Å². The second kappa shape index (κ2) is 15.5. The lowest BCUT2D eigenvalue weighted by atomic mass is 10.0. The summed E-state index contributed by atoms with van der Waals surface area (Å²) >= 11 is 0. The van der Waals surface area contributed by atoms with Crippen LogP contribution in [0.1, 0.15) is 29.2 Å². The summed E-state index contributed by atoms with van der Waals surface area (Å²) < 4.78 is 5.83. The van der Waals surface area contributed by atoms with Gasteiger partial charge in [0.05, 0.1) is 6.04 Å². The Morgan fingerprint density at radius 1 is 0.717 bits per heavy atom. The summed E-state index contributed by atoms with van der Waals surface area (Å²) in [5.41, 5.74) is 10.9. The number of hydrogen-bond acceptors (Lipinski definition) is 5. The molecule has 0 saturated carbocycles. The van der Waals surface area contributed by atoms with Crippen LogP contribution in [0.15, 0.2) is 115 Å². The molecule has 5 aromatic rings. The van der Waals surface area contributed by atoms with Crippen LogP contribution in [0.5, 0.6) is 5.75 Å². The van der Waals surface area contributed by atoms with E-state index in [-0.39, 0.29) is 18.7 Å². The van der Waals surface area contributed by atoms with Crippen molar-refractivity contribution < 1.29 is 19.1 Å². The molecule has 0 fully saturated rings. The lowest BCUT2D eigenvalue weighted by Crippen LogP contribution is -2.55. The highest BCUT2D eigenvalue weighted by Gasteiger charge is 2.26. The summed E-state index contributed by atoms with van der Waals surface area (Å²) in [4.78, 5) is 42.8. The van der Waals surface area contributed by atoms with Crippen molar-refractivity contribution in [2.45, 2.75) is 51.0 Å². The molecule has 0 unspecified atom stereocenters. The summed E-state index contributed by atoms with van der Waals surface area (Å²) in [5.74, 6) is -0.561. The van der Waals surface area contributed by atoms with Gasteiger partial charge in [-0.15, -0.1) is 0 Å². The van der Waals surface area contributed by atoms with Crippen molar-refractivity contribution in [2.24, 2.45) is 5.73 Å². The fourth-order valence-corrected chi connectivity index (χ4v) is 5.13. The number of fused-ring (bicyclic) bond motifs is 1. The fraction of sp³-hybridized carbons (Fsp3) is 0.216. The number of amides is 3. The van der Waals surface area contributed by atoms with Crippen LogP contribution < -0.4 is 26.4 Å². The van der Waals surface area contributed by atoms with Crippen LogP contribution in [0.2, 0.25) is 0 Å². The molecule has 1 heterocycles. The number of nitrogens with two attached hydrogens (primary N) is 1. The molecule has 9 nitrogen and oxygen atoms in total. The summed E-state index contributed by atoms with van der Waals surface area (Å²) in [7, 11) is 0. The maximum Gasteiger partial charge on any atom is 0.243 e. The topological polar surface area (TPSA) is 138 Å². The quantitative estimate of drug-likeness (QED) is 0.127. The molecule has 0 spiro atoms. The highest BCUT2D eigenvalue weighted by molar-refractivity contribution is 5.93. The Labute approximate surface area is 268 Å². The van der Waals surface area contributed by atoms with E-state index in [2.05, 4.69) is 20.9 Å².